The summed E-state index contributed by atoms with van der Waals surface area (Å²) < 4.78 is 0. The Morgan fingerprint density at radius 2 is 2.16 bits per heavy atom. The first kappa shape index (κ1) is 14.3. The standard InChI is InChI=1S/C14H20ClN3O/c15-13-11-16-7-5-12(13)14(19)17-6-4-10-18-8-2-1-3-9-18/h5,7,11H,1-4,6,8-10H2,(H,17,19). The van der Waals surface area contributed by atoms with Crippen molar-refractivity contribution in [2.45, 2.75) is 25.7 Å². The Labute approximate surface area is 119 Å². The Balaban J connectivity index is 1.68. The van der Waals surface area contributed by atoms with Crippen molar-refractivity contribution in [3.05, 3.63) is 29.0 Å². The zero-order chi connectivity index (χ0) is 13.5. The zero-order valence-electron chi connectivity index (χ0n) is 11.1. The van der Waals surface area contributed by atoms with Gasteiger partial charge in [-0.05, 0) is 45.0 Å². The molecule has 0 aliphatic carbocycles. The number of amides is 1. The Bertz CT molecular complexity index is 419. The fourth-order valence-corrected chi connectivity index (χ4v) is 2.55. The van der Waals surface area contributed by atoms with E-state index in [2.05, 4.69) is 15.2 Å². The summed E-state index contributed by atoms with van der Waals surface area (Å²) in [6.07, 6.45) is 8.01. The molecule has 0 aromatic carbocycles. The highest BCUT2D eigenvalue weighted by molar-refractivity contribution is 6.33. The van der Waals surface area contributed by atoms with Gasteiger partial charge in [-0.3, -0.25) is 9.78 Å². The monoisotopic (exact) mass is 281 g/mol. The highest BCUT2D eigenvalue weighted by Crippen LogP contribution is 2.13. The quantitative estimate of drug-likeness (QED) is 0.843. The molecule has 4 nitrogen and oxygen atoms in total. The number of likely N-dealkylation sites (tertiary alicyclic amines) is 1. The summed E-state index contributed by atoms with van der Waals surface area (Å²) in [6, 6.07) is 1.64. The molecule has 1 aromatic rings. The Hall–Kier alpha value is -1.13. The van der Waals surface area contributed by atoms with Gasteiger partial charge in [0.05, 0.1) is 10.6 Å². The van der Waals surface area contributed by atoms with Gasteiger partial charge in [-0.25, -0.2) is 0 Å². The highest BCUT2D eigenvalue weighted by atomic mass is 35.5. The van der Waals surface area contributed by atoms with Gasteiger partial charge < -0.3 is 10.2 Å². The van der Waals surface area contributed by atoms with Crippen molar-refractivity contribution in [1.29, 1.82) is 0 Å². The molecule has 0 bridgehead atoms. The van der Waals surface area contributed by atoms with Crippen LogP contribution >= 0.6 is 11.6 Å². The normalized spacial score (nSPS) is 16.3. The minimum atomic E-state index is -0.119. The van der Waals surface area contributed by atoms with Gasteiger partial charge in [-0.2, -0.15) is 0 Å². The summed E-state index contributed by atoms with van der Waals surface area (Å²) in [5.74, 6) is -0.119. The van der Waals surface area contributed by atoms with E-state index < -0.39 is 0 Å². The summed E-state index contributed by atoms with van der Waals surface area (Å²) in [4.78, 5) is 18.2. The van der Waals surface area contributed by atoms with Gasteiger partial charge in [-0.15, -0.1) is 0 Å². The van der Waals surface area contributed by atoms with E-state index in [9.17, 15) is 4.79 Å². The molecule has 1 aromatic heterocycles. The van der Waals surface area contributed by atoms with E-state index in [-0.39, 0.29) is 5.91 Å². The molecule has 1 aliphatic rings. The Kier molecular flexibility index (Phi) is 5.61. The number of pyridine rings is 1. The molecule has 5 heteroatoms. The van der Waals surface area contributed by atoms with Crippen molar-refractivity contribution in [1.82, 2.24) is 15.2 Å². The summed E-state index contributed by atoms with van der Waals surface area (Å²) in [5.41, 5.74) is 0.495. The summed E-state index contributed by atoms with van der Waals surface area (Å²) >= 11 is 5.92. The van der Waals surface area contributed by atoms with Crippen molar-refractivity contribution < 1.29 is 4.79 Å². The van der Waals surface area contributed by atoms with Gasteiger partial charge >= 0.3 is 0 Å². The molecular weight excluding hydrogens is 262 g/mol. The molecule has 1 fully saturated rings. The average Bonchev–Trinajstić information content (AvgIpc) is 2.45. The maximum Gasteiger partial charge on any atom is 0.252 e. The van der Waals surface area contributed by atoms with Gasteiger partial charge in [0, 0.05) is 18.9 Å². The number of carbonyl (C=O) groups excluding carboxylic acids is 1. The lowest BCUT2D eigenvalue weighted by Crippen LogP contribution is -2.33. The van der Waals surface area contributed by atoms with Gasteiger partial charge in [0.1, 0.15) is 0 Å². The second kappa shape index (κ2) is 7.46. The molecule has 0 saturated carbocycles. The van der Waals surface area contributed by atoms with Crippen LogP contribution in [0.5, 0.6) is 0 Å². The van der Waals surface area contributed by atoms with E-state index in [1.807, 2.05) is 0 Å². The lowest BCUT2D eigenvalue weighted by Gasteiger charge is -2.26. The third-order valence-electron chi connectivity index (χ3n) is 3.40. The maximum atomic E-state index is 11.9. The maximum absolute atomic E-state index is 11.9. The van der Waals surface area contributed by atoms with E-state index in [0.717, 1.165) is 13.0 Å². The van der Waals surface area contributed by atoms with Crippen LogP contribution in [-0.2, 0) is 0 Å². The van der Waals surface area contributed by atoms with Crippen LogP contribution in [0.25, 0.3) is 0 Å². The van der Waals surface area contributed by atoms with E-state index >= 15 is 0 Å². The topological polar surface area (TPSA) is 45.2 Å². The van der Waals surface area contributed by atoms with Crippen LogP contribution in [0, 0.1) is 0 Å². The van der Waals surface area contributed by atoms with Gasteiger partial charge in [-0.1, -0.05) is 18.0 Å². The van der Waals surface area contributed by atoms with Crippen molar-refractivity contribution in [3.63, 3.8) is 0 Å². The molecule has 1 saturated heterocycles. The number of nitrogens with zero attached hydrogens (tertiary/aromatic N) is 2. The van der Waals surface area contributed by atoms with Crippen LogP contribution in [0.2, 0.25) is 5.02 Å². The number of halogens is 1. The molecule has 2 heterocycles. The van der Waals surface area contributed by atoms with Crippen LogP contribution in [-0.4, -0.2) is 42.0 Å². The lowest BCUT2D eigenvalue weighted by molar-refractivity contribution is 0.0951. The van der Waals surface area contributed by atoms with Crippen molar-refractivity contribution in [2.24, 2.45) is 0 Å². The third-order valence-corrected chi connectivity index (χ3v) is 3.70. The summed E-state index contributed by atoms with van der Waals surface area (Å²) in [5, 5.41) is 3.30. The number of carbonyl (C=O) groups is 1. The van der Waals surface area contributed by atoms with E-state index in [0.29, 0.717) is 17.1 Å². The first-order valence-electron chi connectivity index (χ1n) is 6.87. The zero-order valence-corrected chi connectivity index (χ0v) is 11.8. The predicted octanol–water partition coefficient (Wildman–Crippen LogP) is 2.34. The van der Waals surface area contributed by atoms with Crippen LogP contribution in [0.4, 0.5) is 0 Å². The molecule has 0 radical (unpaired) electrons. The van der Waals surface area contributed by atoms with E-state index in [4.69, 9.17) is 11.6 Å². The molecule has 19 heavy (non-hydrogen) atoms. The second-order valence-electron chi connectivity index (χ2n) is 4.87. The first-order valence-corrected chi connectivity index (χ1v) is 7.25. The molecule has 1 N–H and O–H groups in total. The van der Waals surface area contributed by atoms with Crippen molar-refractivity contribution >= 4 is 17.5 Å². The predicted molar refractivity (Wildman–Crippen MR) is 76.5 cm³/mol. The molecule has 1 aliphatic heterocycles. The molecule has 1 amide bonds. The minimum absolute atomic E-state index is 0.119. The van der Waals surface area contributed by atoms with Gasteiger partial charge in [0.15, 0.2) is 0 Å². The van der Waals surface area contributed by atoms with Crippen LogP contribution < -0.4 is 5.32 Å². The molecular formula is C14H20ClN3O. The smallest absolute Gasteiger partial charge is 0.252 e. The number of hydrogen-bond acceptors (Lipinski definition) is 3. The Morgan fingerprint density at radius 3 is 2.89 bits per heavy atom. The number of piperidine rings is 1. The number of hydrogen-bond donors (Lipinski definition) is 1. The number of rotatable bonds is 5. The van der Waals surface area contributed by atoms with Crippen LogP contribution in [0.3, 0.4) is 0 Å². The van der Waals surface area contributed by atoms with Crippen LogP contribution in [0.1, 0.15) is 36.0 Å². The number of nitrogens with one attached hydrogen (secondary N) is 1. The van der Waals surface area contributed by atoms with E-state index in [1.165, 1.54) is 38.5 Å². The van der Waals surface area contributed by atoms with Crippen molar-refractivity contribution in [3.8, 4) is 0 Å². The molecule has 0 unspecified atom stereocenters. The summed E-state index contributed by atoms with van der Waals surface area (Å²) in [7, 11) is 0. The van der Waals surface area contributed by atoms with Crippen LogP contribution in [0.15, 0.2) is 18.5 Å². The summed E-state index contributed by atoms with van der Waals surface area (Å²) in [6.45, 7) is 4.15. The first-order chi connectivity index (χ1) is 9.27. The molecule has 0 spiro atoms. The van der Waals surface area contributed by atoms with E-state index in [1.54, 1.807) is 12.3 Å². The largest absolute Gasteiger partial charge is 0.352 e. The van der Waals surface area contributed by atoms with Gasteiger partial charge in [0.2, 0.25) is 0 Å². The molecule has 2 rings (SSSR count). The van der Waals surface area contributed by atoms with Crippen molar-refractivity contribution in [2.75, 3.05) is 26.2 Å². The fraction of sp³-hybridized carbons (Fsp3) is 0.571. The lowest BCUT2D eigenvalue weighted by atomic mass is 10.1. The fourth-order valence-electron chi connectivity index (χ4n) is 2.34. The second-order valence-corrected chi connectivity index (χ2v) is 5.27. The average molecular weight is 282 g/mol. The molecule has 104 valence electrons. The highest BCUT2D eigenvalue weighted by Gasteiger charge is 2.11. The minimum Gasteiger partial charge on any atom is -0.352 e. The number of aromatic nitrogens is 1. The molecule has 0 atom stereocenters. The Morgan fingerprint density at radius 1 is 1.37 bits per heavy atom. The third kappa shape index (κ3) is 4.48. The SMILES string of the molecule is O=C(NCCCN1CCCCC1)c1ccncc1Cl. The van der Waals surface area contributed by atoms with Gasteiger partial charge in [0.25, 0.3) is 5.91 Å².